The van der Waals surface area contributed by atoms with Crippen LogP contribution in [0.4, 0.5) is 0 Å². The van der Waals surface area contributed by atoms with Gasteiger partial charge < -0.3 is 84.6 Å². The van der Waals surface area contributed by atoms with E-state index in [2.05, 4.69) is 40.7 Å². The van der Waals surface area contributed by atoms with Crippen LogP contribution in [0.5, 0.6) is 0 Å². The van der Waals surface area contributed by atoms with E-state index >= 15 is 0 Å². The number of carboxylic acid groups (broad SMARTS) is 1. The lowest BCUT2D eigenvalue weighted by Crippen LogP contribution is -2.67. The molecule has 0 radical (unpaired) electrons. The number of aliphatic hydroxyl groups is 10. The number of carbonyl (C=O) groups is 2. The number of carboxylic acids is 1. The molecule has 0 spiro atoms. The first-order valence-electron chi connectivity index (χ1n) is 23.9. The number of carbonyl (C=O) groups excluding carboxylic acids is 1. The van der Waals surface area contributed by atoms with Crippen molar-refractivity contribution in [2.24, 2.45) is 50.2 Å². The molecule has 8 aliphatic rings. The van der Waals surface area contributed by atoms with E-state index in [1.165, 1.54) is 5.57 Å². The number of esters is 1. The van der Waals surface area contributed by atoms with Gasteiger partial charge in [-0.15, -0.1) is 0 Å². The number of rotatable bonds is 9. The maximum absolute atomic E-state index is 14.7. The number of hydrogen-bond acceptors (Lipinski definition) is 18. The number of ether oxygens (including phenoxy) is 6. The van der Waals surface area contributed by atoms with Crippen molar-refractivity contribution >= 4 is 11.9 Å². The molecule has 3 aliphatic heterocycles. The van der Waals surface area contributed by atoms with Gasteiger partial charge in [0.05, 0.1) is 31.3 Å². The summed E-state index contributed by atoms with van der Waals surface area (Å²) < 4.78 is 35.4. The van der Waals surface area contributed by atoms with Crippen LogP contribution in [-0.4, -0.2) is 180 Å². The van der Waals surface area contributed by atoms with Crippen molar-refractivity contribution < 1.29 is 94.2 Å². The Balaban J connectivity index is 1.06. The van der Waals surface area contributed by atoms with E-state index in [0.29, 0.717) is 44.9 Å². The third kappa shape index (κ3) is 7.73. The maximum atomic E-state index is 14.7. The Morgan fingerprint density at radius 1 is 0.712 bits per heavy atom. The van der Waals surface area contributed by atoms with Crippen molar-refractivity contribution in [3.63, 3.8) is 0 Å². The van der Waals surface area contributed by atoms with Gasteiger partial charge in [0.25, 0.3) is 0 Å². The van der Waals surface area contributed by atoms with E-state index in [-0.39, 0.29) is 46.0 Å². The Kier molecular flexibility index (Phi) is 13.6. The first-order valence-corrected chi connectivity index (χ1v) is 23.9. The van der Waals surface area contributed by atoms with Crippen LogP contribution in [0.3, 0.4) is 0 Å². The van der Waals surface area contributed by atoms with Crippen molar-refractivity contribution in [2.75, 3.05) is 19.8 Å². The lowest BCUT2D eigenvalue weighted by Gasteiger charge is -2.71. The van der Waals surface area contributed by atoms with Crippen LogP contribution in [0.1, 0.15) is 106 Å². The molecule has 11 N–H and O–H groups in total. The van der Waals surface area contributed by atoms with E-state index in [9.17, 15) is 65.8 Å². The molecule has 0 aromatic heterocycles. The monoisotopic (exact) mass is 942 g/mol. The van der Waals surface area contributed by atoms with Crippen LogP contribution in [0.25, 0.3) is 0 Å². The Bertz CT molecular complexity index is 1850. The summed E-state index contributed by atoms with van der Waals surface area (Å²) in [5.41, 5.74) is -1.72. The molecule has 7 fully saturated rings. The summed E-state index contributed by atoms with van der Waals surface area (Å²) in [6, 6.07) is 0. The summed E-state index contributed by atoms with van der Waals surface area (Å²) in [6.45, 7) is 12.0. The molecule has 0 aromatic rings. The normalized spacial score (nSPS) is 53.5. The molecule has 19 heteroatoms. The van der Waals surface area contributed by atoms with Gasteiger partial charge in [0, 0.05) is 5.41 Å². The first kappa shape index (κ1) is 50.5. The minimum Gasteiger partial charge on any atom is -0.479 e. The van der Waals surface area contributed by atoms with Crippen molar-refractivity contribution in [1.29, 1.82) is 0 Å². The van der Waals surface area contributed by atoms with Gasteiger partial charge in [0.2, 0.25) is 6.29 Å². The number of aliphatic carboxylic acids is 1. The molecule has 66 heavy (non-hydrogen) atoms. The molecule has 5 aliphatic carbocycles. The molecule has 0 unspecified atom stereocenters. The lowest BCUT2D eigenvalue weighted by atomic mass is 9.33. The van der Waals surface area contributed by atoms with Gasteiger partial charge in [0.15, 0.2) is 18.7 Å². The van der Waals surface area contributed by atoms with Gasteiger partial charge in [-0.1, -0.05) is 53.2 Å². The molecular formula is C47H74O19. The van der Waals surface area contributed by atoms with E-state index in [0.717, 1.165) is 19.3 Å². The molecule has 4 saturated carbocycles. The fourth-order valence-electron chi connectivity index (χ4n) is 14.7. The molecule has 3 saturated heterocycles. The van der Waals surface area contributed by atoms with Gasteiger partial charge in [-0.2, -0.15) is 0 Å². The Morgan fingerprint density at radius 3 is 2.06 bits per heavy atom. The van der Waals surface area contributed by atoms with Crippen LogP contribution >= 0.6 is 0 Å². The van der Waals surface area contributed by atoms with Crippen molar-refractivity contribution in [3.05, 3.63) is 11.6 Å². The molecule has 0 amide bonds. The topological polar surface area (TPSA) is 312 Å². The minimum atomic E-state index is -1.97. The van der Waals surface area contributed by atoms with Crippen molar-refractivity contribution in [2.45, 2.75) is 198 Å². The van der Waals surface area contributed by atoms with Crippen LogP contribution in [-0.2, 0) is 38.0 Å². The summed E-state index contributed by atoms with van der Waals surface area (Å²) in [5.74, 6) is -2.29. The number of fused-ring (bicyclic) bond motifs is 7. The zero-order valence-electron chi connectivity index (χ0n) is 38.8. The maximum Gasteiger partial charge on any atom is 0.335 e. The summed E-state index contributed by atoms with van der Waals surface area (Å²) in [4.78, 5) is 26.9. The lowest BCUT2D eigenvalue weighted by molar-refractivity contribution is -0.367. The second kappa shape index (κ2) is 17.7. The molecule has 19 nitrogen and oxygen atoms in total. The molecule has 0 bridgehead atoms. The third-order valence-electron chi connectivity index (χ3n) is 19.0. The molecule has 3 heterocycles. The van der Waals surface area contributed by atoms with Crippen LogP contribution in [0, 0.1) is 50.2 Å². The zero-order valence-corrected chi connectivity index (χ0v) is 38.8. The highest BCUT2D eigenvalue weighted by Crippen LogP contribution is 2.76. The third-order valence-corrected chi connectivity index (χ3v) is 19.0. The number of allylic oxidation sites excluding steroid dienone is 2. The molecule has 376 valence electrons. The highest BCUT2D eigenvalue weighted by Gasteiger charge is 2.70. The molecule has 23 atom stereocenters. The van der Waals surface area contributed by atoms with E-state index in [1.807, 2.05) is 6.92 Å². The summed E-state index contributed by atoms with van der Waals surface area (Å²) in [7, 11) is 0. The minimum absolute atomic E-state index is 0.100. The predicted octanol–water partition coefficient (Wildman–Crippen LogP) is -0.156. The quantitative estimate of drug-likeness (QED) is 0.0813. The number of aliphatic hydroxyl groups excluding tert-OH is 10. The second-order valence-corrected chi connectivity index (χ2v) is 22.9. The second-order valence-electron chi connectivity index (χ2n) is 22.9. The number of hydrogen-bond donors (Lipinski definition) is 11. The fraction of sp³-hybridized carbons (Fsp3) is 0.915. The SMILES string of the molecule is CC1(C)CC[C@]2(C(=O)O[C@@H]3O[C@H](CO)[C@@H](O)[C@H](O)[C@H]3O)CC[C@]3(C)C(=CC[C@@H]4[C@@]5(C)CC[C@H](O[C@@H]6O[C@H](C(=O)O)[C@@H](O)[C@H](O)[C@H]6O[C@@H]6OC[C@@H](O)[C@H](O)[C@H]6O)[C@@](C)(CO)[C@@H]5CC[C@]43C)[C@H]2C1. The Labute approximate surface area is 385 Å². The molecular weight excluding hydrogens is 868 g/mol. The highest BCUT2D eigenvalue weighted by atomic mass is 16.8. The van der Waals surface area contributed by atoms with Gasteiger partial charge in [-0.3, -0.25) is 4.79 Å². The summed E-state index contributed by atoms with van der Waals surface area (Å²) >= 11 is 0. The highest BCUT2D eigenvalue weighted by molar-refractivity contribution is 5.79. The summed E-state index contributed by atoms with van der Waals surface area (Å²) in [5, 5.41) is 116. The smallest absolute Gasteiger partial charge is 0.335 e. The predicted molar refractivity (Wildman–Crippen MR) is 226 cm³/mol. The summed E-state index contributed by atoms with van der Waals surface area (Å²) in [6.07, 6.45) is -15.3. The Hall–Kier alpha value is -1.92. The van der Waals surface area contributed by atoms with E-state index in [4.69, 9.17) is 28.4 Å². The molecule has 8 rings (SSSR count). The fourth-order valence-corrected chi connectivity index (χ4v) is 14.7. The Morgan fingerprint density at radius 2 is 1.39 bits per heavy atom. The van der Waals surface area contributed by atoms with Gasteiger partial charge in [-0.05, 0) is 104 Å². The average molecular weight is 943 g/mol. The van der Waals surface area contributed by atoms with Crippen molar-refractivity contribution in [1.82, 2.24) is 0 Å². The van der Waals surface area contributed by atoms with E-state index < -0.39 is 128 Å². The van der Waals surface area contributed by atoms with Crippen LogP contribution < -0.4 is 0 Å². The van der Waals surface area contributed by atoms with Gasteiger partial charge >= 0.3 is 11.9 Å². The molecule has 0 aromatic carbocycles. The first-order chi connectivity index (χ1) is 30.8. The van der Waals surface area contributed by atoms with Gasteiger partial charge in [-0.25, -0.2) is 4.79 Å². The average Bonchev–Trinajstić information content (AvgIpc) is 3.26. The van der Waals surface area contributed by atoms with Crippen molar-refractivity contribution in [3.8, 4) is 0 Å². The van der Waals surface area contributed by atoms with Gasteiger partial charge in [0.1, 0.15) is 61.0 Å². The van der Waals surface area contributed by atoms with E-state index in [1.54, 1.807) is 0 Å². The van der Waals surface area contributed by atoms with Crippen LogP contribution in [0.2, 0.25) is 0 Å². The van der Waals surface area contributed by atoms with Crippen LogP contribution in [0.15, 0.2) is 11.6 Å². The standard InChI is InChI=1S/C47H74O19/c1-42(2)13-15-47(41(60)66-39-34(57)30(53)29(52)24(18-48)62-39)16-14-45(5)21(22(47)17-42)7-8-26-43(3)11-10-27(44(4,20-49)25(43)9-12-46(26,45)6)63-40-36(32(55)31(54)35(64-40)37(58)59)65-38-33(56)28(51)23(50)19-61-38/h7,22-36,38-40,48-57H,8-20H2,1-6H3,(H,58,59)/t22-,23-,24-,25-,26-,27+,28+,29-,30+,31+,32+,33-,34-,35+,36-,38+,39+,40-,43+,44+,45-,46-,47+/m1/s1. The largest absolute Gasteiger partial charge is 0.479 e. The zero-order chi connectivity index (χ0) is 48.3.